The SMILES string of the molecule is CCCCCNc1sc(C#N)c(N)c1OC(C)C. The van der Waals surface area contributed by atoms with Gasteiger partial charge >= 0.3 is 0 Å². The predicted molar refractivity (Wildman–Crippen MR) is 77.2 cm³/mol. The second kappa shape index (κ2) is 7.12. The van der Waals surface area contributed by atoms with E-state index in [1.807, 2.05) is 13.8 Å². The molecule has 5 heteroatoms. The average molecular weight is 267 g/mol. The molecule has 4 nitrogen and oxygen atoms in total. The second-order valence-corrected chi connectivity index (χ2v) is 5.44. The first-order valence-electron chi connectivity index (χ1n) is 6.33. The third-order valence-corrected chi connectivity index (χ3v) is 3.47. The largest absolute Gasteiger partial charge is 0.486 e. The van der Waals surface area contributed by atoms with Crippen LogP contribution in [0.15, 0.2) is 0 Å². The van der Waals surface area contributed by atoms with Gasteiger partial charge in [-0.3, -0.25) is 0 Å². The van der Waals surface area contributed by atoms with E-state index in [1.165, 1.54) is 24.2 Å². The Morgan fingerprint density at radius 1 is 1.44 bits per heavy atom. The maximum Gasteiger partial charge on any atom is 0.178 e. The van der Waals surface area contributed by atoms with Crippen LogP contribution in [0.25, 0.3) is 0 Å². The Balaban J connectivity index is 2.78. The van der Waals surface area contributed by atoms with Crippen molar-refractivity contribution in [3.05, 3.63) is 4.88 Å². The molecule has 0 saturated carbocycles. The first-order chi connectivity index (χ1) is 8.60. The summed E-state index contributed by atoms with van der Waals surface area (Å²) in [6.07, 6.45) is 3.54. The van der Waals surface area contributed by atoms with Gasteiger partial charge in [-0.1, -0.05) is 19.8 Å². The summed E-state index contributed by atoms with van der Waals surface area (Å²) in [7, 11) is 0. The number of hydrogen-bond donors (Lipinski definition) is 2. The number of hydrogen-bond acceptors (Lipinski definition) is 5. The van der Waals surface area contributed by atoms with Crippen molar-refractivity contribution >= 4 is 22.0 Å². The Labute approximate surface area is 113 Å². The Morgan fingerprint density at radius 2 is 2.17 bits per heavy atom. The van der Waals surface area contributed by atoms with E-state index in [0.29, 0.717) is 16.3 Å². The fourth-order valence-electron chi connectivity index (χ4n) is 1.56. The van der Waals surface area contributed by atoms with Crippen LogP contribution in [0.3, 0.4) is 0 Å². The first kappa shape index (κ1) is 14.7. The van der Waals surface area contributed by atoms with E-state index in [2.05, 4.69) is 18.3 Å². The predicted octanol–water partition coefficient (Wildman–Crippen LogP) is 3.59. The van der Waals surface area contributed by atoms with Crippen LogP contribution < -0.4 is 15.8 Å². The molecule has 100 valence electrons. The zero-order chi connectivity index (χ0) is 13.5. The summed E-state index contributed by atoms with van der Waals surface area (Å²) in [5.74, 6) is 0.628. The van der Waals surface area contributed by atoms with Crippen molar-refractivity contribution in [1.29, 1.82) is 5.26 Å². The molecule has 0 saturated heterocycles. The smallest absolute Gasteiger partial charge is 0.178 e. The van der Waals surface area contributed by atoms with E-state index in [1.54, 1.807) is 0 Å². The van der Waals surface area contributed by atoms with Crippen LogP contribution in [0.5, 0.6) is 5.75 Å². The van der Waals surface area contributed by atoms with Crippen LogP contribution in [0.1, 0.15) is 44.9 Å². The molecule has 1 rings (SSSR count). The number of anilines is 2. The molecule has 0 aliphatic carbocycles. The van der Waals surface area contributed by atoms with Crippen molar-refractivity contribution in [1.82, 2.24) is 0 Å². The number of nitrogens with zero attached hydrogens (tertiary/aromatic N) is 1. The molecule has 0 fully saturated rings. The van der Waals surface area contributed by atoms with Gasteiger partial charge in [-0.25, -0.2) is 0 Å². The lowest BCUT2D eigenvalue weighted by atomic mass is 10.2. The minimum absolute atomic E-state index is 0.0460. The fourth-order valence-corrected chi connectivity index (χ4v) is 2.44. The molecule has 0 unspecified atom stereocenters. The highest BCUT2D eigenvalue weighted by Gasteiger charge is 2.18. The molecule has 0 aliphatic heterocycles. The normalized spacial score (nSPS) is 10.4. The molecule has 0 amide bonds. The molecule has 1 heterocycles. The molecule has 0 radical (unpaired) electrons. The van der Waals surface area contributed by atoms with Crippen LogP contribution in [0.2, 0.25) is 0 Å². The Hall–Kier alpha value is -1.41. The van der Waals surface area contributed by atoms with Gasteiger partial charge in [0.2, 0.25) is 0 Å². The minimum Gasteiger partial charge on any atom is -0.486 e. The van der Waals surface area contributed by atoms with Gasteiger partial charge in [-0.15, -0.1) is 11.3 Å². The molecule has 3 N–H and O–H groups in total. The molecule has 18 heavy (non-hydrogen) atoms. The average Bonchev–Trinajstić information content (AvgIpc) is 2.62. The lowest BCUT2D eigenvalue weighted by Gasteiger charge is -2.12. The van der Waals surface area contributed by atoms with Crippen molar-refractivity contribution in [2.24, 2.45) is 0 Å². The van der Waals surface area contributed by atoms with Crippen molar-refractivity contribution in [2.45, 2.75) is 46.1 Å². The number of thiophene rings is 1. The van der Waals surface area contributed by atoms with Gasteiger partial charge in [-0.05, 0) is 20.3 Å². The number of nitrogen functional groups attached to an aromatic ring is 1. The van der Waals surface area contributed by atoms with E-state index >= 15 is 0 Å². The third-order valence-electron chi connectivity index (χ3n) is 2.42. The fraction of sp³-hybridized carbons (Fsp3) is 0.615. The summed E-state index contributed by atoms with van der Waals surface area (Å²) in [5.41, 5.74) is 6.37. The summed E-state index contributed by atoms with van der Waals surface area (Å²) in [5, 5.41) is 13.2. The van der Waals surface area contributed by atoms with E-state index in [0.717, 1.165) is 18.0 Å². The topological polar surface area (TPSA) is 71.1 Å². The van der Waals surface area contributed by atoms with Crippen molar-refractivity contribution in [3.8, 4) is 11.8 Å². The Kier molecular flexibility index (Phi) is 5.79. The van der Waals surface area contributed by atoms with Crippen molar-refractivity contribution in [2.75, 3.05) is 17.6 Å². The van der Waals surface area contributed by atoms with E-state index in [9.17, 15) is 0 Å². The first-order valence-corrected chi connectivity index (χ1v) is 7.14. The van der Waals surface area contributed by atoms with Crippen molar-refractivity contribution < 1.29 is 4.74 Å². The molecule has 0 aromatic carbocycles. The number of nitrogens with one attached hydrogen (secondary N) is 1. The standard InChI is InChI=1S/C13H21N3OS/c1-4-5-6-7-16-13-12(17-9(2)3)11(15)10(8-14)18-13/h9,16H,4-7,15H2,1-3H3. The number of nitriles is 1. The zero-order valence-electron chi connectivity index (χ0n) is 11.2. The molecule has 0 atom stereocenters. The molecule has 0 spiro atoms. The molecule has 0 aliphatic rings. The molecular weight excluding hydrogens is 246 g/mol. The second-order valence-electron chi connectivity index (χ2n) is 4.42. The third kappa shape index (κ3) is 3.81. The Morgan fingerprint density at radius 3 is 2.72 bits per heavy atom. The lowest BCUT2D eigenvalue weighted by Crippen LogP contribution is -2.09. The van der Waals surface area contributed by atoms with Gasteiger partial charge < -0.3 is 15.8 Å². The summed E-state index contributed by atoms with van der Waals surface area (Å²) in [6.45, 7) is 6.95. The van der Waals surface area contributed by atoms with Crippen LogP contribution in [0, 0.1) is 11.3 Å². The van der Waals surface area contributed by atoms with Crippen LogP contribution in [-0.2, 0) is 0 Å². The number of rotatable bonds is 7. The van der Waals surface area contributed by atoms with Gasteiger partial charge in [0.05, 0.1) is 6.10 Å². The van der Waals surface area contributed by atoms with Crippen LogP contribution >= 0.6 is 11.3 Å². The van der Waals surface area contributed by atoms with Gasteiger partial charge in [0.15, 0.2) is 5.75 Å². The quantitative estimate of drug-likeness (QED) is 0.741. The highest BCUT2D eigenvalue weighted by atomic mass is 32.1. The maximum atomic E-state index is 9.00. The minimum atomic E-state index is 0.0460. The van der Waals surface area contributed by atoms with E-state index in [-0.39, 0.29) is 6.10 Å². The van der Waals surface area contributed by atoms with E-state index < -0.39 is 0 Å². The number of ether oxygens (including phenoxy) is 1. The summed E-state index contributed by atoms with van der Waals surface area (Å²) in [6, 6.07) is 2.10. The zero-order valence-corrected chi connectivity index (χ0v) is 12.1. The van der Waals surface area contributed by atoms with Crippen molar-refractivity contribution in [3.63, 3.8) is 0 Å². The van der Waals surface area contributed by atoms with E-state index in [4.69, 9.17) is 15.7 Å². The highest BCUT2D eigenvalue weighted by Crippen LogP contribution is 2.42. The number of unbranched alkanes of at least 4 members (excludes halogenated alkanes) is 2. The molecule has 1 aromatic heterocycles. The molecule has 1 aromatic rings. The molecule has 0 bridgehead atoms. The summed E-state index contributed by atoms with van der Waals surface area (Å²) in [4.78, 5) is 0.517. The monoisotopic (exact) mass is 267 g/mol. The summed E-state index contributed by atoms with van der Waals surface area (Å²) < 4.78 is 5.69. The van der Waals surface area contributed by atoms with Gasteiger partial charge in [0, 0.05) is 6.54 Å². The van der Waals surface area contributed by atoms with Gasteiger partial charge in [-0.2, -0.15) is 5.26 Å². The van der Waals surface area contributed by atoms with Gasteiger partial charge in [0.1, 0.15) is 21.6 Å². The lowest BCUT2D eigenvalue weighted by molar-refractivity contribution is 0.246. The summed E-state index contributed by atoms with van der Waals surface area (Å²) >= 11 is 1.36. The van der Waals surface area contributed by atoms with Gasteiger partial charge in [0.25, 0.3) is 0 Å². The van der Waals surface area contributed by atoms with Crippen LogP contribution in [-0.4, -0.2) is 12.6 Å². The highest BCUT2D eigenvalue weighted by molar-refractivity contribution is 7.17. The maximum absolute atomic E-state index is 9.00. The van der Waals surface area contributed by atoms with Crippen LogP contribution in [0.4, 0.5) is 10.7 Å². The molecular formula is C13H21N3OS. The Bertz CT molecular complexity index is 421. The number of nitrogens with two attached hydrogens (primary N) is 1.